The smallest absolute Gasteiger partial charge is 0.350 e. The van der Waals surface area contributed by atoms with Crippen molar-refractivity contribution in [2.24, 2.45) is 0 Å². The predicted molar refractivity (Wildman–Crippen MR) is 50.4 cm³/mol. The lowest BCUT2D eigenvalue weighted by atomic mass is 10.1. The quantitative estimate of drug-likeness (QED) is 0.536. The lowest BCUT2D eigenvalue weighted by Gasteiger charge is -2.14. The lowest BCUT2D eigenvalue weighted by Crippen LogP contribution is -2.14. The van der Waals surface area contributed by atoms with Gasteiger partial charge in [0.2, 0.25) is 0 Å². The highest BCUT2D eigenvalue weighted by molar-refractivity contribution is 6.15. The molecule has 1 aromatic carbocycles. The summed E-state index contributed by atoms with van der Waals surface area (Å²) < 4.78 is 31.4. The summed E-state index contributed by atoms with van der Waals surface area (Å²) >= 11 is 0. The Morgan fingerprint density at radius 2 is 1.69 bits per heavy atom. The number of hydrogen-bond acceptors (Lipinski definition) is 4. The fraction of sp³-hybridized carbons (Fsp3) is 0.200. The molecule has 0 spiro atoms. The molecule has 84 valence electrons. The van der Waals surface area contributed by atoms with E-state index >= 15 is 0 Å². The number of fused-ring (bicyclic) bond motifs is 1. The van der Waals surface area contributed by atoms with Crippen LogP contribution in [0.5, 0.6) is 0 Å². The Morgan fingerprint density at radius 1 is 1.12 bits per heavy atom. The third-order valence-electron chi connectivity index (χ3n) is 2.27. The highest BCUT2D eigenvalue weighted by Crippen LogP contribution is 2.31. The Balaban J connectivity index is 2.79. The van der Waals surface area contributed by atoms with Crippen molar-refractivity contribution in [2.45, 2.75) is 0 Å². The van der Waals surface area contributed by atoms with E-state index in [1.807, 2.05) is 0 Å². The highest BCUT2D eigenvalue weighted by atomic mass is 19.1. The zero-order valence-corrected chi connectivity index (χ0v) is 8.51. The Hall–Kier alpha value is -1.98. The minimum atomic E-state index is -1.15. The monoisotopic (exact) mass is 227 g/mol. The molecule has 0 atom stereocenters. The highest BCUT2D eigenvalue weighted by Gasteiger charge is 2.37. The van der Waals surface area contributed by atoms with Crippen LogP contribution in [-0.4, -0.2) is 26.0 Å². The van der Waals surface area contributed by atoms with Crippen molar-refractivity contribution >= 4 is 17.6 Å². The zero-order chi connectivity index (χ0) is 12.0. The first-order valence-corrected chi connectivity index (χ1v) is 4.39. The van der Waals surface area contributed by atoms with Crippen molar-refractivity contribution in [1.29, 1.82) is 0 Å². The van der Waals surface area contributed by atoms with Crippen LogP contribution in [0.25, 0.3) is 0 Å². The molecule has 0 saturated carbocycles. The van der Waals surface area contributed by atoms with Crippen LogP contribution in [0, 0.1) is 11.6 Å². The van der Waals surface area contributed by atoms with E-state index in [0.717, 1.165) is 6.07 Å². The summed E-state index contributed by atoms with van der Waals surface area (Å²) in [6, 6.07) is 0.855. The van der Waals surface area contributed by atoms with Crippen LogP contribution in [0.3, 0.4) is 0 Å². The van der Waals surface area contributed by atoms with Crippen LogP contribution < -0.4 is 4.90 Å². The molecule has 0 fully saturated rings. The summed E-state index contributed by atoms with van der Waals surface area (Å²) in [6.07, 6.45) is 0. The van der Waals surface area contributed by atoms with Crippen molar-refractivity contribution in [3.63, 3.8) is 0 Å². The molecule has 0 N–H and O–H groups in total. The fourth-order valence-electron chi connectivity index (χ4n) is 1.52. The molecule has 16 heavy (non-hydrogen) atoms. The molecule has 1 heterocycles. The number of carbonyl (C=O) groups excluding carboxylic acids is 2. The summed E-state index contributed by atoms with van der Waals surface area (Å²) in [5.74, 6) is -4.21. The topological polar surface area (TPSA) is 46.6 Å². The molecule has 4 nitrogen and oxygen atoms in total. The number of carbonyl (C=O) groups is 2. The van der Waals surface area contributed by atoms with Gasteiger partial charge in [0.15, 0.2) is 5.82 Å². The number of rotatable bonds is 1. The standard InChI is InChI=1S/C10H7F2NO3/c1-13(2)5-3-4(11)6-7(8(5)12)10(15)16-9(6)14/h3H,1-2H3. The number of ether oxygens (including phenoxy) is 1. The Labute approximate surface area is 89.4 Å². The number of esters is 2. The molecule has 0 amide bonds. The molecule has 0 radical (unpaired) electrons. The zero-order valence-electron chi connectivity index (χ0n) is 8.51. The first-order chi connectivity index (χ1) is 7.43. The van der Waals surface area contributed by atoms with Gasteiger partial charge in [0.25, 0.3) is 0 Å². The Morgan fingerprint density at radius 3 is 2.25 bits per heavy atom. The SMILES string of the molecule is CN(C)c1cc(F)c2c(c1F)C(=O)OC2=O. The molecule has 0 bridgehead atoms. The maximum absolute atomic E-state index is 13.8. The third kappa shape index (κ3) is 1.26. The third-order valence-corrected chi connectivity index (χ3v) is 2.27. The number of cyclic esters (lactones) is 2. The van der Waals surface area contributed by atoms with Gasteiger partial charge in [-0.2, -0.15) is 0 Å². The van der Waals surface area contributed by atoms with Gasteiger partial charge in [-0.1, -0.05) is 0 Å². The van der Waals surface area contributed by atoms with Gasteiger partial charge in [-0.05, 0) is 0 Å². The molecule has 1 aliphatic rings. The Bertz CT molecular complexity index is 511. The Kier molecular flexibility index (Phi) is 2.15. The molecule has 1 aliphatic heterocycles. The average Bonchev–Trinajstić information content (AvgIpc) is 2.48. The largest absolute Gasteiger partial charge is 0.385 e. The summed E-state index contributed by atoms with van der Waals surface area (Å²) in [6.45, 7) is 0. The second-order valence-electron chi connectivity index (χ2n) is 3.51. The summed E-state index contributed by atoms with van der Waals surface area (Å²) in [5.41, 5.74) is -1.37. The number of anilines is 1. The van der Waals surface area contributed by atoms with Crippen molar-refractivity contribution < 1.29 is 23.1 Å². The van der Waals surface area contributed by atoms with Gasteiger partial charge in [-0.25, -0.2) is 18.4 Å². The normalized spacial score (nSPS) is 13.8. The van der Waals surface area contributed by atoms with E-state index in [4.69, 9.17) is 0 Å². The van der Waals surface area contributed by atoms with Gasteiger partial charge >= 0.3 is 11.9 Å². The van der Waals surface area contributed by atoms with Crippen LogP contribution in [-0.2, 0) is 4.74 Å². The molecule has 0 saturated heterocycles. The summed E-state index contributed by atoms with van der Waals surface area (Å²) in [4.78, 5) is 23.5. The summed E-state index contributed by atoms with van der Waals surface area (Å²) in [7, 11) is 2.98. The van der Waals surface area contributed by atoms with E-state index in [-0.39, 0.29) is 5.69 Å². The van der Waals surface area contributed by atoms with E-state index < -0.39 is 34.7 Å². The van der Waals surface area contributed by atoms with E-state index in [9.17, 15) is 18.4 Å². The second kappa shape index (κ2) is 3.26. The lowest BCUT2D eigenvalue weighted by molar-refractivity contribution is 0.0441. The van der Waals surface area contributed by atoms with Crippen LogP contribution in [0.2, 0.25) is 0 Å². The number of hydrogen-bond donors (Lipinski definition) is 0. The van der Waals surface area contributed by atoms with Crippen LogP contribution in [0.15, 0.2) is 6.07 Å². The predicted octanol–water partition coefficient (Wildman–Crippen LogP) is 1.34. The maximum atomic E-state index is 13.8. The number of halogens is 2. The average molecular weight is 227 g/mol. The molecule has 0 unspecified atom stereocenters. The fourth-order valence-corrected chi connectivity index (χ4v) is 1.52. The molecule has 6 heteroatoms. The molecular formula is C10H7F2NO3. The van der Waals surface area contributed by atoms with Crippen LogP contribution in [0.4, 0.5) is 14.5 Å². The molecule has 2 rings (SSSR count). The van der Waals surface area contributed by atoms with Gasteiger partial charge in [0.1, 0.15) is 16.9 Å². The first kappa shape index (κ1) is 10.5. The number of benzene rings is 1. The first-order valence-electron chi connectivity index (χ1n) is 4.39. The van der Waals surface area contributed by atoms with E-state index in [2.05, 4.69) is 4.74 Å². The van der Waals surface area contributed by atoms with Crippen molar-refractivity contribution in [2.75, 3.05) is 19.0 Å². The minimum absolute atomic E-state index is 0.108. The van der Waals surface area contributed by atoms with Gasteiger partial charge in [0, 0.05) is 20.2 Å². The van der Waals surface area contributed by atoms with E-state index in [1.165, 1.54) is 19.0 Å². The van der Waals surface area contributed by atoms with Gasteiger partial charge in [0.05, 0.1) is 5.69 Å². The van der Waals surface area contributed by atoms with Gasteiger partial charge in [-0.3, -0.25) is 0 Å². The van der Waals surface area contributed by atoms with Crippen molar-refractivity contribution in [3.05, 3.63) is 28.8 Å². The van der Waals surface area contributed by atoms with Gasteiger partial charge in [-0.15, -0.1) is 0 Å². The second-order valence-corrected chi connectivity index (χ2v) is 3.51. The molecule has 1 aromatic rings. The molecular weight excluding hydrogens is 220 g/mol. The number of nitrogens with zero attached hydrogens (tertiary/aromatic N) is 1. The minimum Gasteiger partial charge on any atom is -0.385 e. The van der Waals surface area contributed by atoms with Crippen LogP contribution >= 0.6 is 0 Å². The maximum Gasteiger partial charge on any atom is 0.350 e. The molecule has 0 aliphatic carbocycles. The molecule has 0 aromatic heterocycles. The summed E-state index contributed by atoms with van der Waals surface area (Å²) in [5, 5.41) is 0. The van der Waals surface area contributed by atoms with E-state index in [0.29, 0.717) is 0 Å². The van der Waals surface area contributed by atoms with Crippen molar-refractivity contribution in [1.82, 2.24) is 0 Å². The van der Waals surface area contributed by atoms with Crippen molar-refractivity contribution in [3.8, 4) is 0 Å². The van der Waals surface area contributed by atoms with Gasteiger partial charge < -0.3 is 9.64 Å². The van der Waals surface area contributed by atoms with E-state index in [1.54, 1.807) is 0 Å². The van der Waals surface area contributed by atoms with Crippen LogP contribution in [0.1, 0.15) is 20.7 Å².